The van der Waals surface area contributed by atoms with Crippen molar-refractivity contribution in [1.29, 1.82) is 0 Å². The zero-order chi connectivity index (χ0) is 14.8. The minimum absolute atomic E-state index is 0.208. The lowest BCUT2D eigenvalue weighted by Gasteiger charge is -2.11. The van der Waals surface area contributed by atoms with Crippen LogP contribution in [0.15, 0.2) is 71.2 Å². The average Bonchev–Trinajstić information content (AvgIpc) is 2.49. The van der Waals surface area contributed by atoms with Crippen molar-refractivity contribution in [3.63, 3.8) is 0 Å². The van der Waals surface area contributed by atoms with Crippen LogP contribution in [0.1, 0.15) is 5.56 Å². The summed E-state index contributed by atoms with van der Waals surface area (Å²) in [4.78, 5) is 0. The van der Waals surface area contributed by atoms with Gasteiger partial charge in [0.15, 0.2) is 0 Å². The van der Waals surface area contributed by atoms with E-state index in [4.69, 9.17) is 0 Å². The number of benzene rings is 3. The Morgan fingerprint density at radius 3 is 2.24 bits per heavy atom. The predicted molar refractivity (Wildman–Crippen MR) is 89.7 cm³/mol. The number of aryl methyl sites for hydroxylation is 1. The Labute approximate surface area is 132 Å². The van der Waals surface area contributed by atoms with Crippen molar-refractivity contribution in [3.8, 4) is 22.3 Å². The van der Waals surface area contributed by atoms with Gasteiger partial charge in [-0.2, -0.15) is 0 Å². The highest BCUT2D eigenvalue weighted by molar-refractivity contribution is 9.10. The van der Waals surface area contributed by atoms with Crippen molar-refractivity contribution in [1.82, 2.24) is 0 Å². The van der Waals surface area contributed by atoms with Crippen LogP contribution < -0.4 is 0 Å². The molecule has 0 amide bonds. The van der Waals surface area contributed by atoms with Crippen LogP contribution >= 0.6 is 15.9 Å². The fourth-order valence-electron chi connectivity index (χ4n) is 2.51. The first-order valence-electron chi connectivity index (χ1n) is 6.77. The topological polar surface area (TPSA) is 0 Å². The molecule has 0 aliphatic rings. The highest BCUT2D eigenvalue weighted by Crippen LogP contribution is 2.34. The lowest BCUT2D eigenvalue weighted by Crippen LogP contribution is -1.90. The molecule has 0 radical (unpaired) electrons. The minimum Gasteiger partial charge on any atom is -0.206 e. The van der Waals surface area contributed by atoms with Crippen molar-refractivity contribution in [3.05, 3.63) is 82.6 Å². The van der Waals surface area contributed by atoms with Crippen LogP contribution in [0.4, 0.5) is 4.39 Å². The van der Waals surface area contributed by atoms with Crippen LogP contribution in [0.5, 0.6) is 0 Å². The SMILES string of the molecule is Cc1cc(-c2ccccc2)ccc1-c1c(F)cccc1Br. The lowest BCUT2D eigenvalue weighted by molar-refractivity contribution is 0.630. The highest BCUT2D eigenvalue weighted by Gasteiger charge is 2.12. The molecule has 3 aromatic rings. The molecular formula is C19H14BrF. The second kappa shape index (κ2) is 5.82. The maximum atomic E-state index is 14.1. The van der Waals surface area contributed by atoms with Crippen LogP contribution in [0.2, 0.25) is 0 Å². The smallest absolute Gasteiger partial charge is 0.132 e. The van der Waals surface area contributed by atoms with E-state index in [1.165, 1.54) is 11.6 Å². The Balaban J connectivity index is 2.11. The Kier molecular flexibility index (Phi) is 3.89. The first kappa shape index (κ1) is 14.0. The van der Waals surface area contributed by atoms with Gasteiger partial charge < -0.3 is 0 Å². The van der Waals surface area contributed by atoms with E-state index < -0.39 is 0 Å². The second-order valence-electron chi connectivity index (χ2n) is 4.99. The lowest BCUT2D eigenvalue weighted by atomic mass is 9.95. The maximum absolute atomic E-state index is 14.1. The van der Waals surface area contributed by atoms with Gasteiger partial charge in [-0.25, -0.2) is 4.39 Å². The third kappa shape index (κ3) is 2.77. The molecule has 0 saturated heterocycles. The van der Waals surface area contributed by atoms with Crippen LogP contribution in [0.3, 0.4) is 0 Å². The first-order valence-corrected chi connectivity index (χ1v) is 7.56. The van der Waals surface area contributed by atoms with Gasteiger partial charge in [0.25, 0.3) is 0 Å². The number of hydrogen-bond donors (Lipinski definition) is 0. The zero-order valence-electron chi connectivity index (χ0n) is 11.6. The van der Waals surface area contributed by atoms with Crippen molar-refractivity contribution < 1.29 is 4.39 Å². The number of rotatable bonds is 2. The van der Waals surface area contributed by atoms with Gasteiger partial charge >= 0.3 is 0 Å². The van der Waals surface area contributed by atoms with Crippen LogP contribution in [-0.4, -0.2) is 0 Å². The third-order valence-electron chi connectivity index (χ3n) is 3.57. The molecule has 0 atom stereocenters. The quantitative estimate of drug-likeness (QED) is 0.518. The van der Waals surface area contributed by atoms with E-state index in [1.54, 1.807) is 6.07 Å². The molecule has 3 aromatic carbocycles. The van der Waals surface area contributed by atoms with E-state index in [9.17, 15) is 4.39 Å². The Bertz CT molecular complexity index is 759. The zero-order valence-corrected chi connectivity index (χ0v) is 13.2. The summed E-state index contributed by atoms with van der Waals surface area (Å²) in [5.41, 5.74) is 4.90. The highest BCUT2D eigenvalue weighted by atomic mass is 79.9. The first-order chi connectivity index (χ1) is 10.2. The standard InChI is InChI=1S/C19H14BrF/c1-13-12-15(14-6-3-2-4-7-14)10-11-16(13)19-17(20)8-5-9-18(19)21/h2-12H,1H3. The normalized spacial score (nSPS) is 10.6. The molecule has 0 spiro atoms. The van der Waals surface area contributed by atoms with Crippen molar-refractivity contribution >= 4 is 15.9 Å². The molecule has 21 heavy (non-hydrogen) atoms. The minimum atomic E-state index is -0.208. The molecule has 0 unspecified atom stereocenters. The molecule has 3 rings (SSSR count). The summed E-state index contributed by atoms with van der Waals surface area (Å²) < 4.78 is 14.9. The summed E-state index contributed by atoms with van der Waals surface area (Å²) >= 11 is 3.44. The Hall–Kier alpha value is -1.93. The maximum Gasteiger partial charge on any atom is 0.132 e. The Morgan fingerprint density at radius 1 is 0.810 bits per heavy atom. The molecule has 0 heterocycles. The number of halogens is 2. The van der Waals surface area contributed by atoms with Gasteiger partial charge in [0.05, 0.1) is 0 Å². The van der Waals surface area contributed by atoms with Crippen LogP contribution in [-0.2, 0) is 0 Å². The fourth-order valence-corrected chi connectivity index (χ4v) is 3.07. The molecule has 0 aliphatic heterocycles. The van der Waals surface area contributed by atoms with Gasteiger partial charge in [-0.15, -0.1) is 0 Å². The molecular weight excluding hydrogens is 327 g/mol. The molecule has 0 aliphatic carbocycles. The molecule has 0 nitrogen and oxygen atoms in total. The molecule has 0 bridgehead atoms. The monoisotopic (exact) mass is 340 g/mol. The molecule has 2 heteroatoms. The van der Waals surface area contributed by atoms with E-state index in [-0.39, 0.29) is 5.82 Å². The fraction of sp³-hybridized carbons (Fsp3) is 0.0526. The summed E-state index contributed by atoms with van der Waals surface area (Å²) in [6.07, 6.45) is 0. The van der Waals surface area contributed by atoms with Crippen molar-refractivity contribution in [2.45, 2.75) is 6.92 Å². The van der Waals surface area contributed by atoms with Crippen LogP contribution in [0.25, 0.3) is 22.3 Å². The summed E-state index contributed by atoms with van der Waals surface area (Å²) in [5.74, 6) is -0.208. The van der Waals surface area contributed by atoms with Crippen molar-refractivity contribution in [2.75, 3.05) is 0 Å². The average molecular weight is 341 g/mol. The van der Waals surface area contributed by atoms with Crippen molar-refractivity contribution in [2.24, 2.45) is 0 Å². The summed E-state index contributed by atoms with van der Waals surface area (Å²) in [6, 6.07) is 21.4. The summed E-state index contributed by atoms with van der Waals surface area (Å²) in [6.45, 7) is 2.01. The number of hydrogen-bond acceptors (Lipinski definition) is 0. The largest absolute Gasteiger partial charge is 0.206 e. The van der Waals surface area contributed by atoms with Gasteiger partial charge in [0.2, 0.25) is 0 Å². The molecule has 0 fully saturated rings. The van der Waals surface area contributed by atoms with Gasteiger partial charge in [-0.05, 0) is 41.3 Å². The van der Waals surface area contributed by atoms with Crippen LogP contribution in [0, 0.1) is 12.7 Å². The summed E-state index contributed by atoms with van der Waals surface area (Å²) in [7, 11) is 0. The van der Waals surface area contributed by atoms with Gasteiger partial charge in [-0.1, -0.05) is 70.5 Å². The van der Waals surface area contributed by atoms with E-state index in [0.717, 1.165) is 21.2 Å². The molecule has 0 aromatic heterocycles. The second-order valence-corrected chi connectivity index (χ2v) is 5.85. The van der Waals surface area contributed by atoms with E-state index in [0.29, 0.717) is 5.56 Å². The van der Waals surface area contributed by atoms with E-state index in [1.807, 2.05) is 43.3 Å². The molecule has 0 saturated carbocycles. The molecule has 0 N–H and O–H groups in total. The van der Waals surface area contributed by atoms with E-state index in [2.05, 4.69) is 34.1 Å². The predicted octanol–water partition coefficient (Wildman–Crippen LogP) is 6.23. The summed E-state index contributed by atoms with van der Waals surface area (Å²) in [5, 5.41) is 0. The Morgan fingerprint density at radius 2 is 1.57 bits per heavy atom. The van der Waals surface area contributed by atoms with E-state index >= 15 is 0 Å². The molecule has 104 valence electrons. The van der Waals surface area contributed by atoms with Gasteiger partial charge in [-0.3, -0.25) is 0 Å². The van der Waals surface area contributed by atoms with Gasteiger partial charge in [0, 0.05) is 10.0 Å². The van der Waals surface area contributed by atoms with Gasteiger partial charge in [0.1, 0.15) is 5.82 Å². The third-order valence-corrected chi connectivity index (χ3v) is 4.23.